The molecule has 1 atom stereocenters. The zero-order valence-corrected chi connectivity index (χ0v) is 27.9. The molecule has 0 spiro atoms. The van der Waals surface area contributed by atoms with Crippen molar-refractivity contribution in [3.63, 3.8) is 0 Å². The van der Waals surface area contributed by atoms with E-state index in [0.717, 1.165) is 59.1 Å². The average molecular weight is 829 g/mol. The van der Waals surface area contributed by atoms with Gasteiger partial charge in [0, 0.05) is 28.3 Å². The summed E-state index contributed by atoms with van der Waals surface area (Å²) in [4.78, 5) is 30.5. The summed E-state index contributed by atoms with van der Waals surface area (Å²) >= 11 is 0.823. The highest BCUT2D eigenvalue weighted by atomic mass is 32.2. The minimum absolute atomic E-state index is 0. The molecule has 0 saturated carbocycles. The molecule has 19 heteroatoms. The first-order chi connectivity index (χ1) is 25.2. The Labute approximate surface area is 321 Å². The van der Waals surface area contributed by atoms with E-state index in [9.17, 15) is 59.1 Å². The number of hydrogen-bond donors (Lipinski definition) is 2. The number of benzene rings is 4. The Morgan fingerprint density at radius 3 is 1.50 bits per heavy atom. The number of rotatable bonds is 10. The third-order valence-electron chi connectivity index (χ3n) is 7.17. The molecular formula is C37H32F8N4O5S2. The maximum atomic E-state index is 13.8. The first-order valence-corrected chi connectivity index (χ1v) is 16.9. The van der Waals surface area contributed by atoms with E-state index in [0.29, 0.717) is 23.9 Å². The van der Waals surface area contributed by atoms with Crippen LogP contribution in [0.3, 0.4) is 0 Å². The number of carboxylic acids is 2. The van der Waals surface area contributed by atoms with Crippen LogP contribution in [0.15, 0.2) is 95.5 Å². The van der Waals surface area contributed by atoms with Crippen LogP contribution in [0.2, 0.25) is 0 Å². The van der Waals surface area contributed by atoms with Gasteiger partial charge in [-0.15, -0.1) is 0 Å². The van der Waals surface area contributed by atoms with Gasteiger partial charge in [0.25, 0.3) is 0 Å². The summed E-state index contributed by atoms with van der Waals surface area (Å²) in [5, 5.41) is 18.4. The minimum Gasteiger partial charge on any atom is -0.477 e. The van der Waals surface area contributed by atoms with E-state index in [2.05, 4.69) is 9.97 Å². The number of hydrogen-bond acceptors (Lipinski definition) is 6. The van der Waals surface area contributed by atoms with Gasteiger partial charge in [-0.05, 0) is 72.8 Å². The standard InChI is InChI=1S/C17H10F4N2O3S.C17H10F4N2O2S.3CH4/c18-9-1-3-10(4-2-9)23-14(16(24)25)7-22-17(23)27(26)8-11-12(19)5-6-13(20)15(11)21;18-9-1-3-10(4-2-9)23-14(16(24)25)7-22-17(23)26-8-11-12(19)5-6-13(20)15(11)21;;;/h1-7H,8H2,(H,24,25);1-7H,8H2,(H,24,25);3*1H4. The molecule has 0 aliphatic carbocycles. The second-order valence-corrected chi connectivity index (χ2v) is 12.8. The van der Waals surface area contributed by atoms with E-state index in [-0.39, 0.29) is 55.4 Å². The minimum atomic E-state index is -2.23. The van der Waals surface area contributed by atoms with Crippen molar-refractivity contribution in [2.24, 2.45) is 0 Å². The van der Waals surface area contributed by atoms with Crippen LogP contribution >= 0.6 is 11.8 Å². The zero-order valence-electron chi connectivity index (χ0n) is 26.2. The van der Waals surface area contributed by atoms with Gasteiger partial charge >= 0.3 is 11.9 Å². The fourth-order valence-electron chi connectivity index (χ4n) is 4.65. The van der Waals surface area contributed by atoms with Crippen LogP contribution in [0.1, 0.15) is 54.4 Å². The molecule has 0 saturated heterocycles. The van der Waals surface area contributed by atoms with E-state index in [1.807, 2.05) is 0 Å². The van der Waals surface area contributed by atoms with E-state index < -0.39 is 86.2 Å². The number of aromatic carboxylic acids is 2. The van der Waals surface area contributed by atoms with Crippen molar-refractivity contribution in [2.75, 3.05) is 0 Å². The molecule has 0 bridgehead atoms. The fraction of sp³-hybridized carbons (Fsp3) is 0.135. The highest BCUT2D eigenvalue weighted by Crippen LogP contribution is 2.29. The maximum Gasteiger partial charge on any atom is 0.354 e. The third-order valence-corrected chi connectivity index (χ3v) is 9.39. The topological polar surface area (TPSA) is 127 Å². The van der Waals surface area contributed by atoms with Gasteiger partial charge in [0.2, 0.25) is 5.16 Å². The lowest BCUT2D eigenvalue weighted by Crippen LogP contribution is -2.13. The quantitative estimate of drug-likeness (QED) is 0.0794. The van der Waals surface area contributed by atoms with Gasteiger partial charge in [0.15, 0.2) is 39.8 Å². The van der Waals surface area contributed by atoms with Crippen molar-refractivity contribution in [3.8, 4) is 11.4 Å². The Balaban J connectivity index is 0.000000367. The maximum absolute atomic E-state index is 13.8. The fourth-order valence-corrected chi connectivity index (χ4v) is 6.88. The Morgan fingerprint density at radius 2 is 1.00 bits per heavy atom. The molecule has 4 aromatic carbocycles. The van der Waals surface area contributed by atoms with Gasteiger partial charge in [0.05, 0.1) is 28.9 Å². The highest BCUT2D eigenvalue weighted by Gasteiger charge is 2.25. The van der Waals surface area contributed by atoms with Gasteiger partial charge in [-0.2, -0.15) is 0 Å². The van der Waals surface area contributed by atoms with E-state index >= 15 is 0 Å². The molecular weight excluding hydrogens is 797 g/mol. The lowest BCUT2D eigenvalue weighted by atomic mass is 10.2. The van der Waals surface area contributed by atoms with Crippen molar-refractivity contribution in [1.82, 2.24) is 19.1 Å². The molecule has 0 amide bonds. The zero-order chi connectivity index (χ0) is 38.6. The largest absolute Gasteiger partial charge is 0.477 e. The lowest BCUT2D eigenvalue weighted by Gasteiger charge is -2.11. The van der Waals surface area contributed by atoms with Crippen LogP contribution in [0.25, 0.3) is 11.4 Å². The van der Waals surface area contributed by atoms with Crippen LogP contribution < -0.4 is 0 Å². The number of aromatic nitrogens is 4. The second-order valence-electron chi connectivity index (χ2n) is 10.5. The molecule has 0 aliphatic heterocycles. The molecule has 56 heavy (non-hydrogen) atoms. The first kappa shape index (κ1) is 46.3. The van der Waals surface area contributed by atoms with Gasteiger partial charge in [-0.3, -0.25) is 13.3 Å². The molecule has 0 radical (unpaired) electrons. The molecule has 2 aromatic heterocycles. The average Bonchev–Trinajstić information content (AvgIpc) is 3.77. The monoisotopic (exact) mass is 828 g/mol. The van der Waals surface area contributed by atoms with Gasteiger partial charge < -0.3 is 10.2 Å². The molecule has 0 fully saturated rings. The van der Waals surface area contributed by atoms with Crippen molar-refractivity contribution in [2.45, 2.75) is 44.1 Å². The summed E-state index contributed by atoms with van der Waals surface area (Å²) in [7, 11) is -2.23. The number of nitrogens with zero attached hydrogens (tertiary/aromatic N) is 4. The molecule has 6 rings (SSSR count). The summed E-state index contributed by atoms with van der Waals surface area (Å²) in [6, 6.07) is 12.3. The summed E-state index contributed by atoms with van der Waals surface area (Å²) in [6.45, 7) is 0. The number of imidazole rings is 2. The predicted octanol–water partition coefficient (Wildman–Crippen LogP) is 9.76. The number of halogens is 8. The van der Waals surface area contributed by atoms with E-state index in [1.54, 1.807) is 0 Å². The summed E-state index contributed by atoms with van der Waals surface area (Å²) in [5.74, 6) is -12.2. The molecule has 298 valence electrons. The Morgan fingerprint density at radius 1 is 0.589 bits per heavy atom. The second kappa shape index (κ2) is 19.7. The van der Waals surface area contributed by atoms with Crippen LogP contribution in [0.4, 0.5) is 35.1 Å². The van der Waals surface area contributed by atoms with Crippen LogP contribution in [0, 0.1) is 46.5 Å². The highest BCUT2D eigenvalue weighted by molar-refractivity contribution is 7.98. The van der Waals surface area contributed by atoms with Crippen molar-refractivity contribution in [1.29, 1.82) is 0 Å². The molecule has 1 unspecified atom stereocenters. The Bertz CT molecular complexity index is 2350. The number of thioether (sulfide) groups is 1. The normalized spacial score (nSPS) is 10.9. The summed E-state index contributed by atoms with van der Waals surface area (Å²) < 4.78 is 123. The Kier molecular flexibility index (Phi) is 16.3. The van der Waals surface area contributed by atoms with E-state index in [1.165, 1.54) is 28.8 Å². The van der Waals surface area contributed by atoms with E-state index in [4.69, 9.17) is 0 Å². The van der Waals surface area contributed by atoms with Crippen LogP contribution in [-0.4, -0.2) is 45.5 Å². The number of carboxylic acid groups (broad SMARTS) is 2. The summed E-state index contributed by atoms with van der Waals surface area (Å²) in [6.07, 6.45) is 1.99. The molecule has 9 nitrogen and oxygen atoms in total. The van der Waals surface area contributed by atoms with Gasteiger partial charge in [-0.25, -0.2) is 54.7 Å². The number of carbonyl (C=O) groups is 2. The summed E-state index contributed by atoms with van der Waals surface area (Å²) in [5.41, 5.74) is -1.39. The third kappa shape index (κ3) is 10.1. The Hall–Kier alpha value is -5.82. The van der Waals surface area contributed by atoms with Crippen molar-refractivity contribution in [3.05, 3.63) is 154 Å². The molecule has 2 heterocycles. The molecule has 6 aromatic rings. The molecule has 2 N–H and O–H groups in total. The van der Waals surface area contributed by atoms with Crippen LogP contribution in [-0.2, 0) is 22.3 Å². The molecule has 0 aliphatic rings. The van der Waals surface area contributed by atoms with Crippen molar-refractivity contribution >= 4 is 34.5 Å². The first-order valence-electron chi connectivity index (χ1n) is 14.6. The smallest absolute Gasteiger partial charge is 0.354 e. The van der Waals surface area contributed by atoms with Gasteiger partial charge in [-0.1, -0.05) is 34.0 Å². The predicted molar refractivity (Wildman–Crippen MR) is 193 cm³/mol. The lowest BCUT2D eigenvalue weighted by molar-refractivity contribution is 0.0676. The SMILES string of the molecule is C.C.C.O=C(O)c1cnc(S(=O)Cc2c(F)ccc(F)c2F)n1-c1ccc(F)cc1.O=C(O)c1cnc(SCc2c(F)ccc(F)c2F)n1-c1ccc(F)cc1. The van der Waals surface area contributed by atoms with Gasteiger partial charge in [0.1, 0.15) is 23.3 Å². The van der Waals surface area contributed by atoms with Crippen LogP contribution in [0.5, 0.6) is 0 Å². The van der Waals surface area contributed by atoms with Crippen molar-refractivity contribution < 1.29 is 59.1 Å².